The molecule has 0 radical (unpaired) electrons. The number of urea groups is 1. The standard InChI is InChI=1S/C27H34N6O3/c1-32(20-10-12-29-13-11-20)26(35)24-21(15-17-9-14-30-22(28)16-17)25(34)33(24)27(36)31-23(19-7-8-19)18-5-3-2-4-6-18/h9-14,16,18-19,21,23-24H,2-8,15H2,1H3,(H2,28,30)(H,31,36)/t21-,23+,24+/m1/s1. The van der Waals surface area contributed by atoms with Crippen LogP contribution in [0.4, 0.5) is 16.3 Å². The fourth-order valence-electron chi connectivity index (χ4n) is 5.81. The Morgan fingerprint density at radius 1 is 1.08 bits per heavy atom. The van der Waals surface area contributed by atoms with E-state index in [-0.39, 0.29) is 17.9 Å². The fraction of sp³-hybridized carbons (Fsp3) is 0.519. The number of carbonyl (C=O) groups excluding carboxylic acids is 3. The van der Waals surface area contributed by atoms with Gasteiger partial charge < -0.3 is 16.0 Å². The summed E-state index contributed by atoms with van der Waals surface area (Å²) in [6.07, 6.45) is 13.1. The highest BCUT2D eigenvalue weighted by atomic mass is 16.2. The van der Waals surface area contributed by atoms with Crippen molar-refractivity contribution in [2.24, 2.45) is 17.8 Å². The highest BCUT2D eigenvalue weighted by Crippen LogP contribution is 2.41. The van der Waals surface area contributed by atoms with Gasteiger partial charge in [0.15, 0.2) is 0 Å². The molecule has 0 bridgehead atoms. The second kappa shape index (κ2) is 10.2. The van der Waals surface area contributed by atoms with Crippen molar-refractivity contribution in [2.45, 2.75) is 63.5 Å². The highest BCUT2D eigenvalue weighted by Gasteiger charge is 2.56. The second-order valence-corrected chi connectivity index (χ2v) is 10.4. The van der Waals surface area contributed by atoms with Crippen molar-refractivity contribution < 1.29 is 14.4 Å². The number of nitrogens with zero attached hydrogens (tertiary/aromatic N) is 4. The van der Waals surface area contributed by atoms with Gasteiger partial charge in [-0.15, -0.1) is 0 Å². The van der Waals surface area contributed by atoms with Crippen LogP contribution in [0.15, 0.2) is 42.9 Å². The van der Waals surface area contributed by atoms with Crippen molar-refractivity contribution in [1.82, 2.24) is 20.2 Å². The molecule has 3 aliphatic rings. The molecule has 2 aliphatic carbocycles. The number of imide groups is 1. The van der Waals surface area contributed by atoms with Gasteiger partial charge in [-0.3, -0.25) is 19.5 Å². The van der Waals surface area contributed by atoms with Gasteiger partial charge in [0.2, 0.25) is 5.91 Å². The summed E-state index contributed by atoms with van der Waals surface area (Å²) in [7, 11) is 1.66. The van der Waals surface area contributed by atoms with Crippen LogP contribution in [0, 0.1) is 17.8 Å². The summed E-state index contributed by atoms with van der Waals surface area (Å²) in [6, 6.07) is 5.67. The van der Waals surface area contributed by atoms with Crippen LogP contribution in [-0.4, -0.2) is 51.8 Å². The lowest BCUT2D eigenvalue weighted by molar-refractivity contribution is -0.156. The molecule has 5 rings (SSSR count). The Morgan fingerprint density at radius 3 is 2.44 bits per heavy atom. The summed E-state index contributed by atoms with van der Waals surface area (Å²) in [5, 5.41) is 3.19. The SMILES string of the molecule is CN(C(=O)[C@@H]1[C@@H](Cc2ccnc(N)c2)C(=O)N1C(=O)N[C@@H](C1CCCCC1)C1CC1)c1ccncc1. The van der Waals surface area contributed by atoms with Gasteiger partial charge in [0, 0.05) is 37.4 Å². The van der Waals surface area contributed by atoms with E-state index in [0.29, 0.717) is 29.8 Å². The van der Waals surface area contributed by atoms with E-state index in [4.69, 9.17) is 5.73 Å². The first kappa shape index (κ1) is 24.2. The third kappa shape index (κ3) is 4.92. The van der Waals surface area contributed by atoms with Gasteiger partial charge in [-0.05, 0) is 73.8 Å². The largest absolute Gasteiger partial charge is 0.384 e. The molecule has 0 unspecified atom stereocenters. The monoisotopic (exact) mass is 490 g/mol. The lowest BCUT2D eigenvalue weighted by atomic mass is 9.80. The predicted octanol–water partition coefficient (Wildman–Crippen LogP) is 3.16. The number of nitrogens with two attached hydrogens (primary N) is 1. The maximum absolute atomic E-state index is 13.7. The number of amides is 4. The number of carbonyl (C=O) groups is 3. The molecule has 9 heteroatoms. The Labute approximate surface area is 211 Å². The zero-order valence-electron chi connectivity index (χ0n) is 20.7. The molecule has 9 nitrogen and oxygen atoms in total. The van der Waals surface area contributed by atoms with Crippen LogP contribution in [0.5, 0.6) is 0 Å². The molecule has 2 aromatic heterocycles. The lowest BCUT2D eigenvalue weighted by Gasteiger charge is -2.46. The molecule has 36 heavy (non-hydrogen) atoms. The minimum Gasteiger partial charge on any atom is -0.384 e. The van der Waals surface area contributed by atoms with Crippen molar-refractivity contribution in [2.75, 3.05) is 17.7 Å². The van der Waals surface area contributed by atoms with Crippen LogP contribution in [0.25, 0.3) is 0 Å². The normalized spacial score (nSPS) is 23.0. The minimum absolute atomic E-state index is 0.0679. The summed E-state index contributed by atoms with van der Waals surface area (Å²) < 4.78 is 0. The molecule has 0 aromatic carbocycles. The van der Waals surface area contributed by atoms with Crippen LogP contribution in [0.2, 0.25) is 0 Å². The summed E-state index contributed by atoms with van der Waals surface area (Å²) in [5.41, 5.74) is 7.29. The number of aromatic nitrogens is 2. The molecule has 190 valence electrons. The maximum Gasteiger partial charge on any atom is 0.325 e. The third-order valence-electron chi connectivity index (χ3n) is 7.95. The Hall–Kier alpha value is -3.49. The van der Waals surface area contributed by atoms with E-state index in [1.807, 2.05) is 0 Å². The van der Waals surface area contributed by atoms with Gasteiger partial charge in [0.25, 0.3) is 5.91 Å². The topological polar surface area (TPSA) is 122 Å². The number of rotatable bonds is 7. The summed E-state index contributed by atoms with van der Waals surface area (Å²) in [5.74, 6) is -0.0200. The number of nitrogens with one attached hydrogen (secondary N) is 1. The van der Waals surface area contributed by atoms with Gasteiger partial charge in [0.1, 0.15) is 11.9 Å². The maximum atomic E-state index is 13.7. The van der Waals surface area contributed by atoms with Gasteiger partial charge in [-0.25, -0.2) is 9.78 Å². The van der Waals surface area contributed by atoms with Crippen LogP contribution in [0.1, 0.15) is 50.5 Å². The molecular weight excluding hydrogens is 456 g/mol. The third-order valence-corrected chi connectivity index (χ3v) is 7.95. The molecule has 1 saturated heterocycles. The Balaban J connectivity index is 1.37. The lowest BCUT2D eigenvalue weighted by Crippen LogP contribution is -2.71. The van der Waals surface area contributed by atoms with Crippen LogP contribution < -0.4 is 16.0 Å². The first-order chi connectivity index (χ1) is 17.4. The van der Waals surface area contributed by atoms with Crippen molar-refractivity contribution >= 4 is 29.4 Å². The smallest absolute Gasteiger partial charge is 0.325 e. The molecule has 3 N–H and O–H groups in total. The highest BCUT2D eigenvalue weighted by molar-refractivity contribution is 6.12. The number of likely N-dealkylation sites (tertiary alicyclic amines) is 1. The summed E-state index contributed by atoms with van der Waals surface area (Å²) >= 11 is 0. The van der Waals surface area contributed by atoms with Crippen molar-refractivity contribution in [1.29, 1.82) is 0 Å². The quantitative estimate of drug-likeness (QED) is 0.575. The molecule has 0 spiro atoms. The number of hydrogen-bond donors (Lipinski definition) is 2. The summed E-state index contributed by atoms with van der Waals surface area (Å²) in [6.45, 7) is 0. The van der Waals surface area contributed by atoms with E-state index in [0.717, 1.165) is 36.1 Å². The van der Waals surface area contributed by atoms with Crippen molar-refractivity contribution in [3.05, 3.63) is 48.4 Å². The predicted molar refractivity (Wildman–Crippen MR) is 136 cm³/mol. The molecular formula is C27H34N6O3. The van der Waals surface area contributed by atoms with Crippen LogP contribution in [0.3, 0.4) is 0 Å². The zero-order chi connectivity index (χ0) is 25.2. The molecule has 3 heterocycles. The average molecular weight is 491 g/mol. The van der Waals surface area contributed by atoms with Crippen LogP contribution in [-0.2, 0) is 16.0 Å². The molecule has 2 aromatic rings. The number of likely N-dealkylation sites (N-methyl/N-ethyl adjacent to an activating group) is 1. The number of β-lactam (4-membered cyclic amide) rings is 1. The fourth-order valence-corrected chi connectivity index (χ4v) is 5.81. The summed E-state index contributed by atoms with van der Waals surface area (Å²) in [4.78, 5) is 51.2. The van der Waals surface area contributed by atoms with Gasteiger partial charge in [0.05, 0.1) is 5.92 Å². The van der Waals surface area contributed by atoms with Crippen molar-refractivity contribution in [3.63, 3.8) is 0 Å². The van der Waals surface area contributed by atoms with Crippen molar-refractivity contribution in [3.8, 4) is 0 Å². The van der Waals surface area contributed by atoms with E-state index in [1.165, 1.54) is 24.2 Å². The number of pyridine rings is 2. The van der Waals surface area contributed by atoms with E-state index in [9.17, 15) is 14.4 Å². The van der Waals surface area contributed by atoms with E-state index < -0.39 is 18.0 Å². The zero-order valence-corrected chi connectivity index (χ0v) is 20.7. The molecule has 4 amide bonds. The average Bonchev–Trinajstić information content (AvgIpc) is 3.74. The molecule has 3 fully saturated rings. The Bertz CT molecular complexity index is 1120. The van der Waals surface area contributed by atoms with Gasteiger partial charge >= 0.3 is 6.03 Å². The first-order valence-corrected chi connectivity index (χ1v) is 13.0. The van der Waals surface area contributed by atoms with Gasteiger partial charge in [-0.2, -0.15) is 0 Å². The Kier molecular flexibility index (Phi) is 6.89. The minimum atomic E-state index is -0.892. The number of hydrogen-bond acceptors (Lipinski definition) is 6. The van der Waals surface area contributed by atoms with E-state index in [2.05, 4.69) is 15.3 Å². The number of anilines is 2. The van der Waals surface area contributed by atoms with E-state index in [1.54, 1.807) is 49.9 Å². The van der Waals surface area contributed by atoms with E-state index >= 15 is 0 Å². The molecule has 1 aliphatic heterocycles. The van der Waals surface area contributed by atoms with Gasteiger partial charge in [-0.1, -0.05) is 19.3 Å². The Morgan fingerprint density at radius 2 is 1.78 bits per heavy atom. The first-order valence-electron chi connectivity index (χ1n) is 13.0. The molecule has 2 saturated carbocycles. The number of nitrogen functional groups attached to an aromatic ring is 1. The second-order valence-electron chi connectivity index (χ2n) is 10.4. The van der Waals surface area contributed by atoms with Crippen LogP contribution >= 0.6 is 0 Å². The molecule has 3 atom stereocenters.